The Morgan fingerprint density at radius 2 is 1.93 bits per heavy atom. The number of hydrogen-bond donors (Lipinski definition) is 1. The van der Waals surface area contributed by atoms with E-state index in [1.54, 1.807) is 18.3 Å². The van der Waals surface area contributed by atoms with E-state index in [0.717, 1.165) is 36.8 Å². The summed E-state index contributed by atoms with van der Waals surface area (Å²) in [4.78, 5) is 15.6. The van der Waals surface area contributed by atoms with Crippen molar-refractivity contribution in [1.82, 2.24) is 4.98 Å². The summed E-state index contributed by atoms with van der Waals surface area (Å²) in [5.74, 6) is 0.451. The van der Waals surface area contributed by atoms with Crippen LogP contribution in [-0.2, 0) is 11.2 Å². The molecule has 1 aromatic carbocycles. The topological polar surface area (TPSA) is 74.4 Å². The van der Waals surface area contributed by atoms with Crippen LogP contribution in [0.2, 0.25) is 0 Å². The second kappa shape index (κ2) is 9.87. The number of rotatable bonds is 7. The van der Waals surface area contributed by atoms with E-state index in [2.05, 4.69) is 20.9 Å². The minimum Gasteiger partial charge on any atom is -0.473 e. The molecule has 1 atom stereocenters. The van der Waals surface area contributed by atoms with Crippen LogP contribution in [0.5, 0.6) is 5.88 Å². The summed E-state index contributed by atoms with van der Waals surface area (Å²) in [5, 5.41) is 0. The van der Waals surface area contributed by atoms with Gasteiger partial charge in [0.2, 0.25) is 5.88 Å². The molecule has 1 amide bonds. The summed E-state index contributed by atoms with van der Waals surface area (Å²) in [5.41, 5.74) is 7.21. The molecule has 5 nitrogen and oxygen atoms in total. The average Bonchev–Trinajstić information content (AvgIpc) is 2.68. The molecular formula is C21H24BrFN2O3. The minimum absolute atomic E-state index is 0.219. The first-order valence-corrected chi connectivity index (χ1v) is 10.3. The van der Waals surface area contributed by atoms with Crippen LogP contribution in [0.1, 0.15) is 43.2 Å². The maximum Gasteiger partial charge on any atom is 0.404 e. The summed E-state index contributed by atoms with van der Waals surface area (Å²) < 4.78 is 24.9. The molecule has 1 heterocycles. The lowest BCUT2D eigenvalue weighted by Gasteiger charge is -2.29. The Morgan fingerprint density at radius 1 is 1.21 bits per heavy atom. The van der Waals surface area contributed by atoms with Crippen molar-refractivity contribution in [3.05, 3.63) is 57.9 Å². The van der Waals surface area contributed by atoms with Crippen molar-refractivity contribution >= 4 is 22.0 Å². The predicted molar refractivity (Wildman–Crippen MR) is 108 cm³/mol. The Labute approximate surface area is 172 Å². The highest BCUT2D eigenvalue weighted by molar-refractivity contribution is 9.10. The van der Waals surface area contributed by atoms with E-state index < -0.39 is 6.09 Å². The zero-order chi connectivity index (χ0) is 19.9. The van der Waals surface area contributed by atoms with Gasteiger partial charge in [-0.05, 0) is 70.4 Å². The van der Waals surface area contributed by atoms with Crippen LogP contribution < -0.4 is 10.5 Å². The molecule has 1 unspecified atom stereocenters. The van der Waals surface area contributed by atoms with Gasteiger partial charge in [-0.1, -0.05) is 31.4 Å². The molecule has 0 bridgehead atoms. The minimum atomic E-state index is -0.777. The van der Waals surface area contributed by atoms with Crippen LogP contribution in [-0.4, -0.2) is 23.8 Å². The second-order valence-electron chi connectivity index (χ2n) is 7.12. The van der Waals surface area contributed by atoms with Gasteiger partial charge < -0.3 is 15.2 Å². The quantitative estimate of drug-likeness (QED) is 0.643. The lowest BCUT2D eigenvalue weighted by molar-refractivity contribution is 0.0212. The Kier molecular flexibility index (Phi) is 7.25. The Bertz CT molecular complexity index is 795. The molecule has 1 saturated carbocycles. The van der Waals surface area contributed by atoms with Gasteiger partial charge in [-0.25, -0.2) is 14.2 Å². The highest BCUT2D eigenvalue weighted by Crippen LogP contribution is 2.30. The fourth-order valence-corrected chi connectivity index (χ4v) is 4.10. The van der Waals surface area contributed by atoms with Gasteiger partial charge in [0, 0.05) is 6.20 Å². The summed E-state index contributed by atoms with van der Waals surface area (Å²) in [6.07, 6.45) is 6.70. The second-order valence-corrected chi connectivity index (χ2v) is 7.97. The number of carbonyl (C=O) groups is 1. The maximum atomic E-state index is 13.0. The van der Waals surface area contributed by atoms with E-state index in [4.69, 9.17) is 15.2 Å². The molecule has 1 aromatic heterocycles. The number of ether oxygens (including phenoxy) is 2. The number of nitrogens with two attached hydrogens (primary N) is 1. The summed E-state index contributed by atoms with van der Waals surface area (Å²) in [6.45, 7) is 0.219. The molecule has 1 fully saturated rings. The van der Waals surface area contributed by atoms with Crippen molar-refractivity contribution in [3.63, 3.8) is 0 Å². The van der Waals surface area contributed by atoms with Crippen LogP contribution in [0.4, 0.5) is 9.18 Å². The molecule has 0 aliphatic heterocycles. The van der Waals surface area contributed by atoms with Gasteiger partial charge in [0.15, 0.2) is 0 Å². The molecule has 1 aliphatic rings. The lowest BCUT2D eigenvalue weighted by atomic mass is 9.85. The van der Waals surface area contributed by atoms with Crippen molar-refractivity contribution in [1.29, 1.82) is 0 Å². The smallest absolute Gasteiger partial charge is 0.404 e. The van der Waals surface area contributed by atoms with E-state index in [0.29, 0.717) is 16.8 Å². The zero-order valence-corrected chi connectivity index (χ0v) is 17.2. The van der Waals surface area contributed by atoms with E-state index >= 15 is 0 Å². The van der Waals surface area contributed by atoms with Crippen molar-refractivity contribution in [2.75, 3.05) is 6.61 Å². The van der Waals surface area contributed by atoms with E-state index in [1.807, 2.05) is 6.07 Å². The highest BCUT2D eigenvalue weighted by atomic mass is 79.9. The van der Waals surface area contributed by atoms with Crippen molar-refractivity contribution in [2.24, 2.45) is 11.7 Å². The van der Waals surface area contributed by atoms with Gasteiger partial charge in [-0.3, -0.25) is 0 Å². The third kappa shape index (κ3) is 5.92. The van der Waals surface area contributed by atoms with Crippen LogP contribution >= 0.6 is 15.9 Å². The van der Waals surface area contributed by atoms with Gasteiger partial charge in [0.05, 0.1) is 4.47 Å². The first-order valence-electron chi connectivity index (χ1n) is 9.49. The molecule has 0 saturated heterocycles. The third-order valence-electron chi connectivity index (χ3n) is 5.01. The number of pyridine rings is 1. The predicted octanol–water partition coefficient (Wildman–Crippen LogP) is 5.00. The average molecular weight is 451 g/mol. The molecule has 7 heteroatoms. The fraction of sp³-hybridized carbons (Fsp3) is 0.429. The largest absolute Gasteiger partial charge is 0.473 e. The SMILES string of the molecule is NC(=O)OC(COc1ncc(Cc2ccc(F)cc2)cc1Br)C1CCCCC1. The summed E-state index contributed by atoms with van der Waals surface area (Å²) >= 11 is 3.49. The molecule has 0 radical (unpaired) electrons. The molecule has 2 N–H and O–H groups in total. The molecular weight excluding hydrogens is 427 g/mol. The number of carbonyl (C=O) groups excluding carboxylic acids is 1. The number of halogens is 2. The maximum absolute atomic E-state index is 13.0. The molecule has 3 rings (SSSR count). The van der Waals surface area contributed by atoms with Crippen molar-refractivity contribution in [2.45, 2.75) is 44.6 Å². The molecule has 150 valence electrons. The number of benzene rings is 1. The molecule has 0 spiro atoms. The van der Waals surface area contributed by atoms with Gasteiger partial charge in [0.25, 0.3) is 0 Å². The zero-order valence-electron chi connectivity index (χ0n) is 15.6. The van der Waals surface area contributed by atoms with Gasteiger partial charge in [-0.2, -0.15) is 0 Å². The van der Waals surface area contributed by atoms with Crippen molar-refractivity contribution in [3.8, 4) is 5.88 Å². The first-order chi connectivity index (χ1) is 13.5. The Balaban J connectivity index is 1.62. The molecule has 2 aromatic rings. The van der Waals surface area contributed by atoms with E-state index in [9.17, 15) is 9.18 Å². The number of aromatic nitrogens is 1. The van der Waals surface area contributed by atoms with Gasteiger partial charge >= 0.3 is 6.09 Å². The van der Waals surface area contributed by atoms with Gasteiger partial charge in [0.1, 0.15) is 18.5 Å². The van der Waals surface area contributed by atoms with E-state index in [1.165, 1.54) is 18.6 Å². The van der Waals surface area contributed by atoms with Crippen LogP contribution in [0, 0.1) is 11.7 Å². The van der Waals surface area contributed by atoms with Crippen LogP contribution in [0.3, 0.4) is 0 Å². The summed E-state index contributed by atoms with van der Waals surface area (Å²) in [7, 11) is 0. The van der Waals surface area contributed by atoms with E-state index in [-0.39, 0.29) is 24.4 Å². The number of primary amides is 1. The Morgan fingerprint density at radius 3 is 2.57 bits per heavy atom. The third-order valence-corrected chi connectivity index (χ3v) is 5.58. The normalized spacial score (nSPS) is 15.8. The number of nitrogens with zero attached hydrogens (tertiary/aromatic N) is 1. The lowest BCUT2D eigenvalue weighted by Crippen LogP contribution is -2.35. The molecule has 28 heavy (non-hydrogen) atoms. The Hall–Kier alpha value is -2.15. The molecule has 1 aliphatic carbocycles. The fourth-order valence-electron chi connectivity index (χ4n) is 3.59. The number of hydrogen-bond acceptors (Lipinski definition) is 4. The summed E-state index contributed by atoms with van der Waals surface area (Å²) in [6, 6.07) is 8.32. The number of amides is 1. The van der Waals surface area contributed by atoms with Crippen LogP contribution in [0.25, 0.3) is 0 Å². The monoisotopic (exact) mass is 450 g/mol. The highest BCUT2D eigenvalue weighted by Gasteiger charge is 2.27. The first kappa shape index (κ1) is 20.6. The van der Waals surface area contributed by atoms with Crippen molar-refractivity contribution < 1.29 is 18.7 Å². The van der Waals surface area contributed by atoms with Crippen LogP contribution in [0.15, 0.2) is 41.0 Å². The standard InChI is InChI=1S/C21H24BrFN2O3/c22-18-11-15(10-14-6-8-17(23)9-7-14)12-25-20(18)27-13-19(28-21(24)26)16-4-2-1-3-5-16/h6-9,11-12,16,19H,1-5,10,13H2,(H2,24,26). The van der Waals surface area contributed by atoms with Gasteiger partial charge in [-0.15, -0.1) is 0 Å².